The van der Waals surface area contributed by atoms with Gasteiger partial charge in [-0.05, 0) is 0 Å². The zero-order valence-corrected chi connectivity index (χ0v) is 10.4. The van der Waals surface area contributed by atoms with E-state index in [0.717, 1.165) is 0 Å². The minimum Gasteiger partial charge on any atom is -0.394 e. The van der Waals surface area contributed by atoms with Crippen LogP contribution in [0.2, 0.25) is 0 Å². The van der Waals surface area contributed by atoms with Crippen molar-refractivity contribution in [3.8, 4) is 0 Å². The molecule has 0 spiro atoms. The summed E-state index contributed by atoms with van der Waals surface area (Å²) in [5, 5.41) is 17.1. The highest BCUT2D eigenvalue weighted by Crippen LogP contribution is 2.13. The normalized spacial score (nSPS) is 12.0. The summed E-state index contributed by atoms with van der Waals surface area (Å²) in [7, 11) is 2.85. The SMILES string of the molecule is COC(COCCOCCO)(OC)OCCO. The van der Waals surface area contributed by atoms with Gasteiger partial charge in [-0.2, -0.15) is 0 Å². The van der Waals surface area contributed by atoms with Gasteiger partial charge in [0.15, 0.2) is 0 Å². The van der Waals surface area contributed by atoms with Crippen LogP contribution in [0.25, 0.3) is 0 Å². The fraction of sp³-hybridized carbons (Fsp3) is 1.00. The molecule has 0 aliphatic heterocycles. The molecular formula is C10H22O7. The Morgan fingerprint density at radius 1 is 0.824 bits per heavy atom. The molecule has 0 radical (unpaired) electrons. The standard InChI is InChI=1S/C10H22O7/c1-13-10(14-2,17-6-4-12)9-16-8-7-15-5-3-11/h11-12H,3-9H2,1-2H3. The first-order chi connectivity index (χ1) is 8.24. The van der Waals surface area contributed by atoms with Gasteiger partial charge in [0.1, 0.15) is 6.61 Å². The summed E-state index contributed by atoms with van der Waals surface area (Å²) in [6, 6.07) is 0. The number of rotatable bonds is 12. The summed E-state index contributed by atoms with van der Waals surface area (Å²) in [4.78, 5) is 0. The van der Waals surface area contributed by atoms with E-state index in [1.165, 1.54) is 14.2 Å². The average molecular weight is 254 g/mol. The smallest absolute Gasteiger partial charge is 0.307 e. The summed E-state index contributed by atoms with van der Waals surface area (Å²) < 4.78 is 25.6. The number of hydrogen-bond donors (Lipinski definition) is 2. The molecule has 0 aromatic heterocycles. The first-order valence-electron chi connectivity index (χ1n) is 5.36. The van der Waals surface area contributed by atoms with E-state index in [0.29, 0.717) is 13.2 Å². The molecule has 0 atom stereocenters. The second-order valence-corrected chi connectivity index (χ2v) is 3.05. The Morgan fingerprint density at radius 2 is 1.41 bits per heavy atom. The molecule has 0 aromatic rings. The number of hydrogen-bond acceptors (Lipinski definition) is 7. The van der Waals surface area contributed by atoms with Crippen molar-refractivity contribution in [2.24, 2.45) is 0 Å². The van der Waals surface area contributed by atoms with Crippen LogP contribution in [0, 0.1) is 0 Å². The maximum atomic E-state index is 8.67. The van der Waals surface area contributed by atoms with Crippen LogP contribution in [-0.2, 0) is 23.7 Å². The number of ether oxygens (including phenoxy) is 5. The fourth-order valence-corrected chi connectivity index (χ4v) is 1.04. The molecule has 0 aliphatic carbocycles. The predicted octanol–water partition coefficient (Wildman–Crippen LogP) is -1.03. The lowest BCUT2D eigenvalue weighted by molar-refractivity contribution is -0.378. The monoisotopic (exact) mass is 254 g/mol. The highest BCUT2D eigenvalue weighted by molar-refractivity contribution is 4.54. The molecule has 0 amide bonds. The third kappa shape index (κ3) is 7.61. The van der Waals surface area contributed by atoms with Crippen LogP contribution in [0.5, 0.6) is 0 Å². The van der Waals surface area contributed by atoms with Crippen molar-refractivity contribution in [3.63, 3.8) is 0 Å². The van der Waals surface area contributed by atoms with Gasteiger partial charge < -0.3 is 33.9 Å². The maximum Gasteiger partial charge on any atom is 0.307 e. The summed E-state index contributed by atoms with van der Waals surface area (Å²) in [6.07, 6.45) is 0. The lowest BCUT2D eigenvalue weighted by atomic mass is 10.5. The Bertz CT molecular complexity index is 161. The van der Waals surface area contributed by atoms with E-state index in [2.05, 4.69) is 0 Å². The predicted molar refractivity (Wildman–Crippen MR) is 58.5 cm³/mol. The molecule has 0 unspecified atom stereocenters. The summed E-state index contributed by atoms with van der Waals surface area (Å²) >= 11 is 0. The second kappa shape index (κ2) is 10.8. The molecule has 0 heterocycles. The van der Waals surface area contributed by atoms with Crippen molar-refractivity contribution in [1.29, 1.82) is 0 Å². The van der Waals surface area contributed by atoms with Crippen LogP contribution in [0.15, 0.2) is 0 Å². The lowest BCUT2D eigenvalue weighted by Gasteiger charge is -2.29. The van der Waals surface area contributed by atoms with E-state index in [4.69, 9.17) is 33.9 Å². The van der Waals surface area contributed by atoms with E-state index in [-0.39, 0.29) is 33.0 Å². The molecule has 0 aromatic carbocycles. The number of aliphatic hydroxyl groups is 2. The molecule has 0 saturated heterocycles. The largest absolute Gasteiger partial charge is 0.394 e. The number of methoxy groups -OCH3 is 2. The highest BCUT2D eigenvalue weighted by Gasteiger charge is 2.31. The summed E-state index contributed by atoms with van der Waals surface area (Å²) in [6.45, 7) is 0.980. The summed E-state index contributed by atoms with van der Waals surface area (Å²) in [5.74, 6) is -1.31. The molecule has 0 fully saturated rings. The van der Waals surface area contributed by atoms with Gasteiger partial charge in [-0.1, -0.05) is 0 Å². The first-order valence-corrected chi connectivity index (χ1v) is 5.36. The summed E-state index contributed by atoms with van der Waals surface area (Å²) in [5.41, 5.74) is 0. The Kier molecular flexibility index (Phi) is 10.7. The van der Waals surface area contributed by atoms with Gasteiger partial charge in [-0.3, -0.25) is 0 Å². The fourth-order valence-electron chi connectivity index (χ4n) is 1.04. The van der Waals surface area contributed by atoms with E-state index in [9.17, 15) is 0 Å². The van der Waals surface area contributed by atoms with Gasteiger partial charge in [0.25, 0.3) is 0 Å². The van der Waals surface area contributed by atoms with Crippen molar-refractivity contribution >= 4 is 0 Å². The maximum absolute atomic E-state index is 8.67. The van der Waals surface area contributed by atoms with Crippen molar-refractivity contribution in [1.82, 2.24) is 0 Å². The Morgan fingerprint density at radius 3 is 1.94 bits per heavy atom. The lowest BCUT2D eigenvalue weighted by Crippen LogP contribution is -2.43. The highest BCUT2D eigenvalue weighted by atomic mass is 16.9. The van der Waals surface area contributed by atoms with Crippen molar-refractivity contribution in [2.75, 3.05) is 60.5 Å². The molecule has 7 heteroatoms. The molecule has 0 saturated carbocycles. The average Bonchev–Trinajstić information content (AvgIpc) is 2.38. The third-order valence-corrected chi connectivity index (χ3v) is 1.92. The topological polar surface area (TPSA) is 86.6 Å². The van der Waals surface area contributed by atoms with Crippen LogP contribution in [-0.4, -0.2) is 76.7 Å². The van der Waals surface area contributed by atoms with Gasteiger partial charge >= 0.3 is 5.97 Å². The molecule has 2 N–H and O–H groups in total. The van der Waals surface area contributed by atoms with Crippen molar-refractivity contribution in [3.05, 3.63) is 0 Å². The van der Waals surface area contributed by atoms with Gasteiger partial charge in [0, 0.05) is 14.2 Å². The van der Waals surface area contributed by atoms with Gasteiger partial charge in [-0.25, -0.2) is 0 Å². The minimum atomic E-state index is -1.31. The molecule has 0 aliphatic rings. The molecule has 7 nitrogen and oxygen atoms in total. The zero-order valence-electron chi connectivity index (χ0n) is 10.4. The van der Waals surface area contributed by atoms with Gasteiger partial charge in [-0.15, -0.1) is 0 Å². The molecular weight excluding hydrogens is 232 g/mol. The van der Waals surface area contributed by atoms with E-state index in [1.807, 2.05) is 0 Å². The zero-order chi connectivity index (χ0) is 13.0. The van der Waals surface area contributed by atoms with Gasteiger partial charge in [0.05, 0.1) is 39.6 Å². The molecule has 0 rings (SSSR count). The minimum absolute atomic E-state index is 0.0142. The second-order valence-electron chi connectivity index (χ2n) is 3.05. The molecule has 104 valence electrons. The first kappa shape index (κ1) is 16.7. The van der Waals surface area contributed by atoms with E-state index in [1.54, 1.807) is 0 Å². The van der Waals surface area contributed by atoms with Crippen LogP contribution in [0.4, 0.5) is 0 Å². The number of aliphatic hydroxyl groups excluding tert-OH is 2. The molecule has 0 bridgehead atoms. The van der Waals surface area contributed by atoms with Crippen LogP contribution in [0.1, 0.15) is 0 Å². The van der Waals surface area contributed by atoms with Crippen molar-refractivity contribution < 1.29 is 33.9 Å². The van der Waals surface area contributed by atoms with Gasteiger partial charge in [0.2, 0.25) is 0 Å². The Hall–Kier alpha value is -0.280. The van der Waals surface area contributed by atoms with Crippen LogP contribution in [0.3, 0.4) is 0 Å². The van der Waals surface area contributed by atoms with Crippen LogP contribution >= 0.6 is 0 Å². The quantitative estimate of drug-likeness (QED) is 0.340. The van der Waals surface area contributed by atoms with Crippen LogP contribution < -0.4 is 0 Å². The van der Waals surface area contributed by atoms with Crippen molar-refractivity contribution in [2.45, 2.75) is 5.97 Å². The third-order valence-electron chi connectivity index (χ3n) is 1.92. The Balaban J connectivity index is 3.75. The van der Waals surface area contributed by atoms with E-state index < -0.39 is 5.97 Å². The van der Waals surface area contributed by atoms with E-state index >= 15 is 0 Å². The Labute approximate surface area is 101 Å². The molecule has 17 heavy (non-hydrogen) atoms.